The van der Waals surface area contributed by atoms with Crippen LogP contribution in [0.1, 0.15) is 27.2 Å². The van der Waals surface area contributed by atoms with Gasteiger partial charge in [0.2, 0.25) is 0 Å². The highest BCUT2D eigenvalue weighted by Crippen LogP contribution is 2.16. The molecule has 78 valence electrons. The zero-order valence-electron chi connectivity index (χ0n) is 8.59. The van der Waals surface area contributed by atoms with Crippen LogP contribution in [0.25, 0.3) is 0 Å². The largest absolute Gasteiger partial charge is 0.325 e. The standard InChI is InChI=1S/C9H14N2O3/c1-4-6(12)5-11-7(13)9(2,3)10-8(11)14/h4-5H2,1-3H3,(H,10,14). The molecule has 0 aromatic rings. The lowest BCUT2D eigenvalue weighted by Gasteiger charge is -2.14. The lowest BCUT2D eigenvalue weighted by Crippen LogP contribution is -2.41. The molecular formula is C9H14N2O3. The number of hydrogen-bond acceptors (Lipinski definition) is 3. The number of urea groups is 1. The minimum Gasteiger partial charge on any atom is -0.324 e. The minimum atomic E-state index is -0.884. The highest BCUT2D eigenvalue weighted by molar-refractivity contribution is 6.08. The first-order chi connectivity index (χ1) is 6.38. The second-order valence-corrected chi connectivity index (χ2v) is 3.84. The first-order valence-corrected chi connectivity index (χ1v) is 4.54. The van der Waals surface area contributed by atoms with Crippen LogP contribution in [0, 0.1) is 0 Å². The van der Waals surface area contributed by atoms with E-state index in [1.165, 1.54) is 0 Å². The van der Waals surface area contributed by atoms with Crippen molar-refractivity contribution in [2.75, 3.05) is 6.54 Å². The van der Waals surface area contributed by atoms with Crippen LogP contribution >= 0.6 is 0 Å². The summed E-state index contributed by atoms with van der Waals surface area (Å²) in [5.41, 5.74) is -0.884. The van der Waals surface area contributed by atoms with Crippen molar-refractivity contribution in [1.29, 1.82) is 0 Å². The number of imide groups is 1. The molecule has 3 amide bonds. The van der Waals surface area contributed by atoms with Gasteiger partial charge in [0, 0.05) is 6.42 Å². The molecule has 1 N–H and O–H groups in total. The molecule has 0 unspecified atom stereocenters. The summed E-state index contributed by atoms with van der Waals surface area (Å²) in [5, 5.41) is 2.51. The Kier molecular flexibility index (Phi) is 2.59. The minimum absolute atomic E-state index is 0.119. The van der Waals surface area contributed by atoms with Gasteiger partial charge < -0.3 is 5.32 Å². The van der Waals surface area contributed by atoms with E-state index in [2.05, 4.69) is 5.32 Å². The van der Waals surface area contributed by atoms with Crippen LogP contribution < -0.4 is 5.32 Å². The first-order valence-electron chi connectivity index (χ1n) is 4.54. The van der Waals surface area contributed by atoms with Gasteiger partial charge in [0.05, 0.1) is 6.54 Å². The van der Waals surface area contributed by atoms with E-state index >= 15 is 0 Å². The van der Waals surface area contributed by atoms with Crippen molar-refractivity contribution in [1.82, 2.24) is 10.2 Å². The maximum atomic E-state index is 11.6. The van der Waals surface area contributed by atoms with Crippen molar-refractivity contribution >= 4 is 17.7 Å². The Labute approximate surface area is 82.4 Å². The van der Waals surface area contributed by atoms with Gasteiger partial charge >= 0.3 is 6.03 Å². The molecular weight excluding hydrogens is 184 g/mol. The third-order valence-electron chi connectivity index (χ3n) is 2.17. The first kappa shape index (κ1) is 10.7. The summed E-state index contributed by atoms with van der Waals surface area (Å²) in [5.74, 6) is -0.462. The summed E-state index contributed by atoms with van der Waals surface area (Å²) >= 11 is 0. The van der Waals surface area contributed by atoms with Crippen LogP contribution in [0.5, 0.6) is 0 Å². The average molecular weight is 198 g/mol. The summed E-state index contributed by atoms with van der Waals surface area (Å²) in [6.45, 7) is 4.81. The van der Waals surface area contributed by atoms with E-state index in [0.29, 0.717) is 6.42 Å². The number of Topliss-reactive ketones (excluding diaryl/α,β-unsaturated/α-hetero) is 1. The molecule has 0 atom stereocenters. The number of carbonyl (C=O) groups excluding carboxylic acids is 3. The summed E-state index contributed by atoms with van der Waals surface area (Å²) in [6.07, 6.45) is 0.331. The fourth-order valence-electron chi connectivity index (χ4n) is 1.25. The lowest BCUT2D eigenvalue weighted by atomic mass is 10.1. The van der Waals surface area contributed by atoms with Gasteiger partial charge in [-0.25, -0.2) is 4.79 Å². The second-order valence-electron chi connectivity index (χ2n) is 3.84. The highest BCUT2D eigenvalue weighted by Gasteiger charge is 2.44. The van der Waals surface area contributed by atoms with Gasteiger partial charge in [-0.15, -0.1) is 0 Å². The Balaban J connectivity index is 2.76. The van der Waals surface area contributed by atoms with Crippen LogP contribution in [0.15, 0.2) is 0 Å². The van der Waals surface area contributed by atoms with Crippen molar-refractivity contribution in [3.63, 3.8) is 0 Å². The normalized spacial score (nSPS) is 19.8. The van der Waals surface area contributed by atoms with Gasteiger partial charge in [-0.3, -0.25) is 14.5 Å². The summed E-state index contributed by atoms with van der Waals surface area (Å²) in [4.78, 5) is 34.9. The number of hydrogen-bond donors (Lipinski definition) is 1. The van der Waals surface area contributed by atoms with Crippen molar-refractivity contribution in [3.05, 3.63) is 0 Å². The predicted molar refractivity (Wildman–Crippen MR) is 49.6 cm³/mol. The number of rotatable bonds is 3. The second kappa shape index (κ2) is 3.40. The van der Waals surface area contributed by atoms with Gasteiger partial charge in [0.25, 0.3) is 5.91 Å². The monoisotopic (exact) mass is 198 g/mol. The summed E-state index contributed by atoms with van der Waals surface area (Å²) in [7, 11) is 0. The van der Waals surface area contributed by atoms with Crippen molar-refractivity contribution < 1.29 is 14.4 Å². The lowest BCUT2D eigenvalue weighted by molar-refractivity contribution is -0.133. The molecule has 5 heteroatoms. The maximum Gasteiger partial charge on any atom is 0.325 e. The Morgan fingerprint density at radius 3 is 2.36 bits per heavy atom. The quantitative estimate of drug-likeness (QED) is 0.663. The third kappa shape index (κ3) is 1.76. The van der Waals surface area contributed by atoms with Gasteiger partial charge in [-0.2, -0.15) is 0 Å². The molecule has 0 aromatic carbocycles. The highest BCUT2D eigenvalue weighted by atomic mass is 16.2. The van der Waals surface area contributed by atoms with E-state index in [1.54, 1.807) is 20.8 Å². The van der Waals surface area contributed by atoms with Crippen LogP contribution in [-0.2, 0) is 9.59 Å². The molecule has 1 aliphatic rings. The van der Waals surface area contributed by atoms with Gasteiger partial charge in [0.15, 0.2) is 5.78 Å². The zero-order chi connectivity index (χ0) is 10.9. The molecule has 1 saturated heterocycles. The molecule has 0 saturated carbocycles. The fourth-order valence-corrected chi connectivity index (χ4v) is 1.25. The molecule has 0 aromatic heterocycles. The Morgan fingerprint density at radius 2 is 2.00 bits per heavy atom. The number of ketones is 1. The van der Waals surface area contributed by atoms with E-state index in [0.717, 1.165) is 4.90 Å². The summed E-state index contributed by atoms with van der Waals surface area (Å²) < 4.78 is 0. The summed E-state index contributed by atoms with van der Waals surface area (Å²) in [6, 6.07) is -0.484. The van der Waals surface area contributed by atoms with Crippen LogP contribution in [0.2, 0.25) is 0 Å². The molecule has 0 radical (unpaired) electrons. The Bertz CT molecular complexity index is 296. The SMILES string of the molecule is CCC(=O)CN1C(=O)NC(C)(C)C1=O. The van der Waals surface area contributed by atoms with Gasteiger partial charge in [0.1, 0.15) is 5.54 Å². The van der Waals surface area contributed by atoms with E-state index in [9.17, 15) is 14.4 Å². The van der Waals surface area contributed by atoms with E-state index < -0.39 is 11.6 Å². The van der Waals surface area contributed by atoms with Crippen LogP contribution in [-0.4, -0.2) is 34.7 Å². The van der Waals surface area contributed by atoms with E-state index in [1.807, 2.05) is 0 Å². The third-order valence-corrected chi connectivity index (χ3v) is 2.17. The van der Waals surface area contributed by atoms with Crippen molar-refractivity contribution in [2.24, 2.45) is 0 Å². The predicted octanol–water partition coefficient (Wildman–Crippen LogP) is 0.296. The molecule has 0 aliphatic carbocycles. The topological polar surface area (TPSA) is 66.5 Å². The van der Waals surface area contributed by atoms with E-state index in [4.69, 9.17) is 0 Å². The Morgan fingerprint density at radius 1 is 1.43 bits per heavy atom. The molecule has 0 bridgehead atoms. The molecule has 1 heterocycles. The number of amides is 3. The van der Waals surface area contributed by atoms with Crippen molar-refractivity contribution in [3.8, 4) is 0 Å². The van der Waals surface area contributed by atoms with Gasteiger partial charge in [-0.1, -0.05) is 6.92 Å². The number of nitrogens with one attached hydrogen (secondary N) is 1. The number of carbonyl (C=O) groups is 3. The maximum absolute atomic E-state index is 11.6. The molecule has 1 aliphatic heterocycles. The van der Waals surface area contributed by atoms with Crippen molar-refractivity contribution in [2.45, 2.75) is 32.7 Å². The van der Waals surface area contributed by atoms with Crippen LogP contribution in [0.4, 0.5) is 4.79 Å². The molecule has 1 fully saturated rings. The Hall–Kier alpha value is -1.39. The smallest absolute Gasteiger partial charge is 0.324 e. The molecule has 5 nitrogen and oxygen atoms in total. The zero-order valence-corrected chi connectivity index (χ0v) is 8.59. The van der Waals surface area contributed by atoms with Crippen LogP contribution in [0.3, 0.4) is 0 Å². The average Bonchev–Trinajstić information content (AvgIpc) is 2.28. The molecule has 1 rings (SSSR count). The molecule has 0 spiro atoms. The number of nitrogens with zero attached hydrogens (tertiary/aromatic N) is 1. The molecule has 14 heavy (non-hydrogen) atoms. The van der Waals surface area contributed by atoms with E-state index in [-0.39, 0.29) is 18.2 Å². The fraction of sp³-hybridized carbons (Fsp3) is 0.667. The van der Waals surface area contributed by atoms with Gasteiger partial charge in [-0.05, 0) is 13.8 Å².